The van der Waals surface area contributed by atoms with Gasteiger partial charge in [-0.3, -0.25) is 24.1 Å². The number of halogens is 1. The second kappa shape index (κ2) is 9.91. The molecule has 3 fully saturated rings. The maximum absolute atomic E-state index is 14.5. The van der Waals surface area contributed by atoms with Crippen LogP contribution in [0.25, 0.3) is 0 Å². The monoisotopic (exact) mass is 640 g/mol. The standard InChI is InChI=1S/C34H29BrN2O6/c1-34-24(31(40)37(33(34)42)20-11-7-4-8-12-20)17-23-21(28(34)18-15-25(35)29(38)26(16-18)43-2)13-14-22-27(23)32(41)36(30(22)39)19-9-5-3-6-10-19/h3-13,15-16,22-24,27-28,38H,14,17H2,1-2H3. The number of fused-ring (bicyclic) bond motifs is 4. The quantitative estimate of drug-likeness (QED) is 0.294. The number of nitrogens with zero attached hydrogens (tertiary/aromatic N) is 2. The molecule has 2 saturated heterocycles. The van der Waals surface area contributed by atoms with Crippen LogP contribution in [0.4, 0.5) is 11.4 Å². The van der Waals surface area contributed by atoms with E-state index in [-0.39, 0.29) is 41.5 Å². The van der Waals surface area contributed by atoms with E-state index in [2.05, 4.69) is 15.9 Å². The highest BCUT2D eigenvalue weighted by molar-refractivity contribution is 9.10. The Balaban J connectivity index is 1.40. The number of carbonyl (C=O) groups is 4. The van der Waals surface area contributed by atoms with Gasteiger partial charge in [-0.1, -0.05) is 48.0 Å². The average Bonchev–Trinajstić information content (AvgIpc) is 3.38. The molecule has 0 radical (unpaired) electrons. The van der Waals surface area contributed by atoms with Crippen molar-refractivity contribution in [1.29, 1.82) is 0 Å². The van der Waals surface area contributed by atoms with Crippen LogP contribution in [-0.4, -0.2) is 35.8 Å². The van der Waals surface area contributed by atoms with Crippen LogP contribution >= 0.6 is 15.9 Å². The molecular weight excluding hydrogens is 612 g/mol. The Bertz CT molecular complexity index is 1720. The molecule has 2 aliphatic carbocycles. The highest BCUT2D eigenvalue weighted by atomic mass is 79.9. The van der Waals surface area contributed by atoms with Crippen molar-refractivity contribution in [2.45, 2.75) is 25.7 Å². The molecule has 3 aromatic rings. The maximum atomic E-state index is 14.5. The molecule has 0 aromatic heterocycles. The average molecular weight is 642 g/mol. The number of hydrogen-bond acceptors (Lipinski definition) is 6. The van der Waals surface area contributed by atoms with Crippen LogP contribution in [0.3, 0.4) is 0 Å². The van der Waals surface area contributed by atoms with Crippen molar-refractivity contribution in [2.24, 2.45) is 29.1 Å². The number of rotatable bonds is 4. The Morgan fingerprint density at radius 1 is 0.860 bits per heavy atom. The minimum Gasteiger partial charge on any atom is -0.503 e. The largest absolute Gasteiger partial charge is 0.503 e. The van der Waals surface area contributed by atoms with Gasteiger partial charge in [0, 0.05) is 5.92 Å². The third kappa shape index (κ3) is 3.80. The lowest BCUT2D eigenvalue weighted by Crippen LogP contribution is -2.48. The minimum atomic E-state index is -1.19. The first-order valence-electron chi connectivity index (χ1n) is 14.3. The Labute approximate surface area is 257 Å². The van der Waals surface area contributed by atoms with Crippen LogP contribution in [0, 0.1) is 29.1 Å². The van der Waals surface area contributed by atoms with Crippen molar-refractivity contribution >= 4 is 50.9 Å². The number of benzene rings is 3. The third-order valence-electron chi connectivity index (χ3n) is 9.91. The number of imide groups is 2. The molecule has 43 heavy (non-hydrogen) atoms. The number of phenols is 1. The molecule has 1 saturated carbocycles. The molecule has 0 spiro atoms. The number of methoxy groups -OCH3 is 1. The fourth-order valence-electron chi connectivity index (χ4n) is 7.97. The van der Waals surface area contributed by atoms with Gasteiger partial charge in [0.2, 0.25) is 23.6 Å². The van der Waals surface area contributed by atoms with E-state index in [0.717, 1.165) is 5.57 Å². The molecule has 1 N–H and O–H groups in total. The van der Waals surface area contributed by atoms with E-state index in [9.17, 15) is 24.3 Å². The number of carbonyl (C=O) groups excluding carboxylic acids is 4. The predicted octanol–water partition coefficient (Wildman–Crippen LogP) is 5.60. The Morgan fingerprint density at radius 3 is 2.12 bits per heavy atom. The summed E-state index contributed by atoms with van der Waals surface area (Å²) >= 11 is 3.44. The second-order valence-electron chi connectivity index (χ2n) is 11.9. The molecule has 2 heterocycles. The first kappa shape index (κ1) is 27.6. The summed E-state index contributed by atoms with van der Waals surface area (Å²) < 4.78 is 5.86. The minimum absolute atomic E-state index is 0.0761. The number of para-hydroxylation sites is 2. The molecule has 0 bridgehead atoms. The second-order valence-corrected chi connectivity index (χ2v) is 12.8. The van der Waals surface area contributed by atoms with E-state index >= 15 is 0 Å². The number of ether oxygens (including phenoxy) is 1. The summed E-state index contributed by atoms with van der Waals surface area (Å²) in [5.74, 6) is -3.99. The highest BCUT2D eigenvalue weighted by Crippen LogP contribution is 2.64. The number of amides is 4. The smallest absolute Gasteiger partial charge is 0.241 e. The normalized spacial score (nSPS) is 29.7. The van der Waals surface area contributed by atoms with Crippen molar-refractivity contribution in [3.05, 3.63) is 94.5 Å². The summed E-state index contributed by atoms with van der Waals surface area (Å²) in [6.45, 7) is 1.83. The van der Waals surface area contributed by atoms with Gasteiger partial charge in [-0.05, 0) is 83.6 Å². The summed E-state index contributed by atoms with van der Waals surface area (Å²) in [6.07, 6.45) is 2.63. The van der Waals surface area contributed by atoms with Gasteiger partial charge in [0.15, 0.2) is 11.5 Å². The number of hydrogen-bond donors (Lipinski definition) is 1. The zero-order valence-electron chi connectivity index (χ0n) is 23.6. The fourth-order valence-corrected chi connectivity index (χ4v) is 8.43. The van der Waals surface area contributed by atoms with E-state index < -0.39 is 35.0 Å². The number of allylic oxidation sites excluding steroid dienone is 2. The summed E-state index contributed by atoms with van der Waals surface area (Å²) in [4.78, 5) is 59.0. The van der Waals surface area contributed by atoms with Gasteiger partial charge in [0.25, 0.3) is 0 Å². The first-order chi connectivity index (χ1) is 20.7. The van der Waals surface area contributed by atoms with Crippen LogP contribution < -0.4 is 14.5 Å². The van der Waals surface area contributed by atoms with Crippen LogP contribution in [-0.2, 0) is 19.2 Å². The van der Waals surface area contributed by atoms with Crippen LogP contribution in [0.2, 0.25) is 0 Å². The molecule has 8 nitrogen and oxygen atoms in total. The number of anilines is 2. The van der Waals surface area contributed by atoms with E-state index in [1.807, 2.05) is 25.1 Å². The molecule has 9 heteroatoms. The maximum Gasteiger partial charge on any atom is 0.241 e. The topological polar surface area (TPSA) is 104 Å². The van der Waals surface area contributed by atoms with Crippen molar-refractivity contribution in [3.8, 4) is 11.5 Å². The summed E-state index contributed by atoms with van der Waals surface area (Å²) in [6, 6.07) is 21.2. The summed E-state index contributed by atoms with van der Waals surface area (Å²) in [5, 5.41) is 10.6. The molecule has 3 aromatic carbocycles. The van der Waals surface area contributed by atoms with Crippen LogP contribution in [0.5, 0.6) is 11.5 Å². The third-order valence-corrected chi connectivity index (χ3v) is 10.5. The van der Waals surface area contributed by atoms with Crippen molar-refractivity contribution < 1.29 is 29.0 Å². The molecule has 218 valence electrons. The zero-order chi connectivity index (χ0) is 30.2. The van der Waals surface area contributed by atoms with Gasteiger partial charge in [-0.25, -0.2) is 4.90 Å². The summed E-state index contributed by atoms with van der Waals surface area (Å²) in [5.41, 5.74) is 1.38. The predicted molar refractivity (Wildman–Crippen MR) is 162 cm³/mol. The van der Waals surface area contributed by atoms with E-state index in [0.29, 0.717) is 27.8 Å². The number of aromatic hydroxyl groups is 1. The van der Waals surface area contributed by atoms with Gasteiger partial charge in [-0.2, -0.15) is 0 Å². The van der Waals surface area contributed by atoms with Gasteiger partial charge in [-0.15, -0.1) is 0 Å². The van der Waals surface area contributed by atoms with Gasteiger partial charge in [0.1, 0.15) is 0 Å². The molecule has 6 atom stereocenters. The van der Waals surface area contributed by atoms with Crippen LogP contribution in [0.15, 0.2) is 88.9 Å². The molecule has 2 aliphatic heterocycles. The van der Waals surface area contributed by atoms with E-state index in [1.54, 1.807) is 60.7 Å². The first-order valence-corrected chi connectivity index (χ1v) is 15.1. The molecule has 6 unspecified atom stereocenters. The molecule has 4 aliphatic rings. The van der Waals surface area contributed by atoms with Gasteiger partial charge in [0.05, 0.1) is 46.1 Å². The lowest BCUT2D eigenvalue weighted by atomic mass is 9.51. The van der Waals surface area contributed by atoms with Crippen molar-refractivity contribution in [3.63, 3.8) is 0 Å². The van der Waals surface area contributed by atoms with E-state index in [1.165, 1.54) is 16.9 Å². The molecular formula is C34H29BrN2O6. The fraction of sp³-hybridized carbons (Fsp3) is 0.294. The summed E-state index contributed by atoms with van der Waals surface area (Å²) in [7, 11) is 1.45. The molecule has 7 rings (SSSR count). The van der Waals surface area contributed by atoms with Crippen molar-refractivity contribution in [1.82, 2.24) is 0 Å². The Morgan fingerprint density at radius 2 is 1.49 bits per heavy atom. The zero-order valence-corrected chi connectivity index (χ0v) is 25.2. The van der Waals surface area contributed by atoms with Gasteiger partial charge >= 0.3 is 0 Å². The number of phenolic OH excluding ortho intramolecular Hbond substituents is 1. The lowest BCUT2D eigenvalue weighted by molar-refractivity contribution is -0.131. The highest BCUT2D eigenvalue weighted by Gasteiger charge is 2.67. The lowest BCUT2D eigenvalue weighted by Gasteiger charge is -2.49. The van der Waals surface area contributed by atoms with E-state index in [4.69, 9.17) is 4.74 Å². The van der Waals surface area contributed by atoms with Crippen molar-refractivity contribution in [2.75, 3.05) is 16.9 Å². The Hall–Kier alpha value is -4.24. The van der Waals surface area contributed by atoms with Gasteiger partial charge < -0.3 is 9.84 Å². The van der Waals surface area contributed by atoms with Crippen LogP contribution in [0.1, 0.15) is 31.2 Å². The SMILES string of the molecule is COc1cc(C2C3=CCC4C(=O)N(c5ccccc5)C(=O)C4C3CC3C(=O)N(c4ccccc4)C(=O)C32C)cc(Br)c1O. The Kier molecular flexibility index (Phi) is 6.36. The molecule has 4 amide bonds.